The van der Waals surface area contributed by atoms with Crippen LogP contribution in [0.2, 0.25) is 0 Å². The maximum Gasteiger partial charge on any atom is 0.0142 e. The molecule has 2 fully saturated rings. The van der Waals surface area contributed by atoms with Crippen LogP contribution in [0.4, 0.5) is 0 Å². The minimum absolute atomic E-state index is 0.726. The van der Waals surface area contributed by atoms with Gasteiger partial charge < -0.3 is 5.73 Å². The van der Waals surface area contributed by atoms with Crippen LogP contribution in [0.3, 0.4) is 0 Å². The van der Waals surface area contributed by atoms with Crippen LogP contribution in [0, 0.1) is 5.92 Å². The largest absolute Gasteiger partial charge is 0.327 e. The molecule has 19 heavy (non-hydrogen) atoms. The third kappa shape index (κ3) is 3.09. The lowest BCUT2D eigenvalue weighted by molar-refractivity contribution is 0.401. The molecular formula is C18H25N. The molecule has 0 aromatic heterocycles. The van der Waals surface area contributed by atoms with Crippen LogP contribution in [0.25, 0.3) is 6.08 Å². The molecule has 0 spiro atoms. The van der Waals surface area contributed by atoms with E-state index in [9.17, 15) is 0 Å². The van der Waals surface area contributed by atoms with Crippen LogP contribution in [0.1, 0.15) is 62.0 Å². The average Bonchev–Trinajstić information content (AvgIpc) is 3.31. The molecule has 1 aromatic rings. The van der Waals surface area contributed by atoms with Gasteiger partial charge in [0, 0.05) is 6.54 Å². The van der Waals surface area contributed by atoms with Crippen LogP contribution in [0.15, 0.2) is 29.8 Å². The Hall–Kier alpha value is -1.08. The Morgan fingerprint density at radius 2 is 1.79 bits per heavy atom. The van der Waals surface area contributed by atoms with Gasteiger partial charge in [0.05, 0.1) is 0 Å². The highest BCUT2D eigenvalue weighted by atomic mass is 14.5. The van der Waals surface area contributed by atoms with Gasteiger partial charge in [-0.15, -0.1) is 0 Å². The molecule has 2 saturated carbocycles. The SMILES string of the molecule is NCC(=Cc1ccccc1C1CC1)C1CCCCC1. The molecule has 1 nitrogen and oxygen atoms in total. The van der Waals surface area contributed by atoms with Crippen molar-refractivity contribution >= 4 is 6.08 Å². The first kappa shape index (κ1) is 12.9. The zero-order valence-corrected chi connectivity index (χ0v) is 11.8. The Morgan fingerprint density at radius 3 is 2.47 bits per heavy atom. The van der Waals surface area contributed by atoms with Crippen molar-refractivity contribution in [3.05, 3.63) is 41.0 Å². The zero-order valence-electron chi connectivity index (χ0n) is 11.8. The first-order valence-electron chi connectivity index (χ1n) is 7.88. The second-order valence-corrected chi connectivity index (χ2v) is 6.16. The summed E-state index contributed by atoms with van der Waals surface area (Å²) in [7, 11) is 0. The van der Waals surface area contributed by atoms with Crippen LogP contribution in [0.5, 0.6) is 0 Å². The highest BCUT2D eigenvalue weighted by Gasteiger charge is 2.25. The number of benzene rings is 1. The summed E-state index contributed by atoms with van der Waals surface area (Å²) in [5, 5.41) is 0. The normalized spacial score (nSPS) is 21.6. The van der Waals surface area contributed by atoms with Gasteiger partial charge in [-0.2, -0.15) is 0 Å². The van der Waals surface area contributed by atoms with Crippen molar-refractivity contribution in [1.82, 2.24) is 0 Å². The van der Waals surface area contributed by atoms with Crippen LogP contribution in [-0.2, 0) is 0 Å². The topological polar surface area (TPSA) is 26.0 Å². The molecule has 2 N–H and O–H groups in total. The molecule has 0 atom stereocenters. The predicted octanol–water partition coefficient (Wildman–Crippen LogP) is 4.49. The molecular weight excluding hydrogens is 230 g/mol. The second kappa shape index (κ2) is 5.92. The molecule has 0 radical (unpaired) electrons. The van der Waals surface area contributed by atoms with Gasteiger partial charge in [-0.3, -0.25) is 0 Å². The van der Waals surface area contributed by atoms with Crippen LogP contribution >= 0.6 is 0 Å². The van der Waals surface area contributed by atoms with Crippen LogP contribution < -0.4 is 5.73 Å². The first-order chi connectivity index (χ1) is 9.38. The highest BCUT2D eigenvalue weighted by Crippen LogP contribution is 2.42. The molecule has 1 aromatic carbocycles. The Labute approximate surface area is 116 Å². The van der Waals surface area contributed by atoms with E-state index < -0.39 is 0 Å². The Balaban J connectivity index is 1.85. The van der Waals surface area contributed by atoms with Crippen molar-refractivity contribution in [2.24, 2.45) is 11.7 Å². The van der Waals surface area contributed by atoms with Crippen molar-refractivity contribution in [2.75, 3.05) is 6.54 Å². The summed E-state index contributed by atoms with van der Waals surface area (Å²) in [6.07, 6.45) is 12.0. The fourth-order valence-electron chi connectivity index (χ4n) is 3.43. The lowest BCUT2D eigenvalue weighted by atomic mass is 9.82. The summed E-state index contributed by atoms with van der Waals surface area (Å²) in [5.74, 6) is 1.56. The maximum atomic E-state index is 6.02. The molecule has 2 aliphatic carbocycles. The first-order valence-corrected chi connectivity index (χ1v) is 7.88. The molecule has 1 heteroatoms. The van der Waals surface area contributed by atoms with E-state index in [2.05, 4.69) is 30.3 Å². The van der Waals surface area contributed by atoms with Gasteiger partial charge in [0.15, 0.2) is 0 Å². The summed E-state index contributed by atoms with van der Waals surface area (Å²) in [6.45, 7) is 0.726. The van der Waals surface area contributed by atoms with Gasteiger partial charge in [0.25, 0.3) is 0 Å². The minimum atomic E-state index is 0.726. The molecule has 0 saturated heterocycles. The van der Waals surface area contributed by atoms with E-state index in [1.807, 2.05) is 0 Å². The predicted molar refractivity (Wildman–Crippen MR) is 82.0 cm³/mol. The smallest absolute Gasteiger partial charge is 0.0142 e. The summed E-state index contributed by atoms with van der Waals surface area (Å²) in [5.41, 5.74) is 10.5. The van der Waals surface area contributed by atoms with Gasteiger partial charge in [-0.05, 0) is 48.6 Å². The van der Waals surface area contributed by atoms with Crippen molar-refractivity contribution in [3.63, 3.8) is 0 Å². The third-order valence-corrected chi connectivity index (χ3v) is 4.72. The number of rotatable bonds is 4. The summed E-state index contributed by atoms with van der Waals surface area (Å²) < 4.78 is 0. The van der Waals surface area contributed by atoms with Gasteiger partial charge in [0.1, 0.15) is 0 Å². The van der Waals surface area contributed by atoms with Crippen molar-refractivity contribution in [2.45, 2.75) is 50.9 Å². The van der Waals surface area contributed by atoms with E-state index in [0.717, 1.165) is 18.4 Å². The van der Waals surface area contributed by atoms with Gasteiger partial charge in [-0.1, -0.05) is 55.2 Å². The maximum absolute atomic E-state index is 6.02. The summed E-state index contributed by atoms with van der Waals surface area (Å²) >= 11 is 0. The lowest BCUT2D eigenvalue weighted by Crippen LogP contribution is -2.16. The Bertz CT molecular complexity index is 451. The summed E-state index contributed by atoms with van der Waals surface area (Å²) in [4.78, 5) is 0. The zero-order chi connectivity index (χ0) is 13.1. The van der Waals surface area contributed by atoms with Crippen molar-refractivity contribution in [3.8, 4) is 0 Å². The van der Waals surface area contributed by atoms with Crippen molar-refractivity contribution in [1.29, 1.82) is 0 Å². The number of hydrogen-bond acceptors (Lipinski definition) is 1. The van der Waals surface area contributed by atoms with Crippen molar-refractivity contribution < 1.29 is 0 Å². The quantitative estimate of drug-likeness (QED) is 0.843. The molecule has 0 unspecified atom stereocenters. The monoisotopic (exact) mass is 255 g/mol. The summed E-state index contributed by atoms with van der Waals surface area (Å²) in [6, 6.07) is 8.91. The average molecular weight is 255 g/mol. The fourth-order valence-corrected chi connectivity index (χ4v) is 3.43. The molecule has 0 aliphatic heterocycles. The molecule has 0 bridgehead atoms. The van der Waals surface area contributed by atoms with E-state index in [0.29, 0.717) is 0 Å². The van der Waals surface area contributed by atoms with Gasteiger partial charge >= 0.3 is 0 Å². The van der Waals surface area contributed by atoms with Gasteiger partial charge in [-0.25, -0.2) is 0 Å². The van der Waals surface area contributed by atoms with E-state index in [-0.39, 0.29) is 0 Å². The lowest BCUT2D eigenvalue weighted by Gasteiger charge is -2.24. The number of hydrogen-bond donors (Lipinski definition) is 1. The van der Waals surface area contributed by atoms with E-state index in [4.69, 9.17) is 5.73 Å². The van der Waals surface area contributed by atoms with E-state index >= 15 is 0 Å². The minimum Gasteiger partial charge on any atom is -0.327 e. The number of nitrogens with two attached hydrogens (primary N) is 1. The highest BCUT2D eigenvalue weighted by molar-refractivity contribution is 5.59. The van der Waals surface area contributed by atoms with E-state index in [1.54, 1.807) is 5.56 Å². The Kier molecular flexibility index (Phi) is 4.03. The molecule has 102 valence electrons. The molecule has 0 heterocycles. The van der Waals surface area contributed by atoms with E-state index in [1.165, 1.54) is 56.1 Å². The third-order valence-electron chi connectivity index (χ3n) is 4.72. The fraction of sp³-hybridized carbons (Fsp3) is 0.556. The molecule has 3 rings (SSSR count). The molecule has 2 aliphatic rings. The Morgan fingerprint density at radius 1 is 1.05 bits per heavy atom. The second-order valence-electron chi connectivity index (χ2n) is 6.16. The molecule has 0 amide bonds. The van der Waals surface area contributed by atoms with Gasteiger partial charge in [0.2, 0.25) is 0 Å². The standard InChI is InChI=1S/C18H25N/c19-13-17(14-6-2-1-3-7-14)12-16-8-4-5-9-18(16)15-10-11-15/h4-5,8-9,12,14-15H,1-3,6-7,10-11,13,19H2. The van der Waals surface area contributed by atoms with Crippen LogP contribution in [-0.4, -0.2) is 6.54 Å².